The summed E-state index contributed by atoms with van der Waals surface area (Å²) >= 11 is 0. The summed E-state index contributed by atoms with van der Waals surface area (Å²) in [7, 11) is -3.07. The summed E-state index contributed by atoms with van der Waals surface area (Å²) in [6.07, 6.45) is 0.737. The number of rotatable bonds is 3. The Morgan fingerprint density at radius 3 is 2.28 bits per heavy atom. The number of sulfone groups is 1. The Balaban J connectivity index is 2.26. The number of hydrogen-bond donors (Lipinski definition) is 1. The van der Waals surface area contributed by atoms with Gasteiger partial charge in [0.2, 0.25) is 0 Å². The Morgan fingerprint density at radius 2 is 1.83 bits per heavy atom. The average molecular weight is 275 g/mol. The van der Waals surface area contributed by atoms with Gasteiger partial charge in [-0.05, 0) is 37.1 Å². The number of hydrogen-bond acceptors (Lipinski definition) is 3. The maximum Gasteiger partial charge on any atom is 0.150 e. The average Bonchev–Trinajstić information content (AvgIpc) is 2.53. The maximum atomic E-state index is 13.1. The molecule has 1 heterocycles. The Hall–Kier alpha value is -1.01. The summed E-state index contributed by atoms with van der Waals surface area (Å²) in [5, 5.41) is 0. The molecule has 1 aromatic rings. The Morgan fingerprint density at radius 1 is 1.22 bits per heavy atom. The minimum absolute atomic E-state index is 0.00533. The molecule has 2 N–H and O–H groups in total. The molecule has 0 radical (unpaired) electrons. The van der Waals surface area contributed by atoms with Crippen molar-refractivity contribution in [1.82, 2.24) is 0 Å². The number of halogens is 2. The van der Waals surface area contributed by atoms with Crippen LogP contribution in [0.15, 0.2) is 18.2 Å². The van der Waals surface area contributed by atoms with E-state index in [4.69, 9.17) is 5.73 Å². The maximum absolute atomic E-state index is 13.1. The molecule has 1 aliphatic heterocycles. The normalized spacial score (nSPS) is 26.4. The molecule has 100 valence electrons. The van der Waals surface area contributed by atoms with E-state index in [1.165, 1.54) is 12.1 Å². The van der Waals surface area contributed by atoms with Gasteiger partial charge in [-0.2, -0.15) is 0 Å². The van der Waals surface area contributed by atoms with Crippen LogP contribution in [-0.2, 0) is 16.3 Å². The predicted molar refractivity (Wildman–Crippen MR) is 64.8 cm³/mol. The van der Waals surface area contributed by atoms with Crippen LogP contribution in [0.5, 0.6) is 0 Å². The molecule has 0 spiro atoms. The second kappa shape index (κ2) is 4.59. The van der Waals surface area contributed by atoms with Crippen molar-refractivity contribution < 1.29 is 17.2 Å². The van der Waals surface area contributed by atoms with Crippen molar-refractivity contribution in [2.24, 2.45) is 11.1 Å². The van der Waals surface area contributed by atoms with E-state index < -0.39 is 26.9 Å². The first-order valence-electron chi connectivity index (χ1n) is 5.70. The van der Waals surface area contributed by atoms with Gasteiger partial charge in [-0.25, -0.2) is 17.2 Å². The van der Waals surface area contributed by atoms with E-state index in [0.717, 1.165) is 6.07 Å². The van der Waals surface area contributed by atoms with Crippen LogP contribution in [0.25, 0.3) is 0 Å². The largest absolute Gasteiger partial charge is 0.330 e. The van der Waals surface area contributed by atoms with Crippen molar-refractivity contribution in [3.63, 3.8) is 0 Å². The fourth-order valence-electron chi connectivity index (χ4n) is 2.50. The van der Waals surface area contributed by atoms with Crippen LogP contribution in [-0.4, -0.2) is 26.5 Å². The summed E-state index contributed by atoms with van der Waals surface area (Å²) in [5.41, 5.74) is 5.53. The molecule has 1 atom stereocenters. The van der Waals surface area contributed by atoms with Crippen LogP contribution in [0.4, 0.5) is 8.78 Å². The molecule has 6 heteroatoms. The standard InChI is InChI=1S/C12H15F2NO2S/c13-10-3-9(4-11(14)5-10)6-12(7-15)1-2-18(16,17)8-12/h3-5H,1-2,6-8,15H2. The van der Waals surface area contributed by atoms with Crippen molar-refractivity contribution in [3.8, 4) is 0 Å². The molecule has 1 aromatic carbocycles. The van der Waals surface area contributed by atoms with E-state index in [1.54, 1.807) is 0 Å². The highest BCUT2D eigenvalue weighted by Crippen LogP contribution is 2.35. The van der Waals surface area contributed by atoms with Crippen LogP contribution in [0.1, 0.15) is 12.0 Å². The monoisotopic (exact) mass is 275 g/mol. The van der Waals surface area contributed by atoms with Crippen LogP contribution in [0.2, 0.25) is 0 Å². The van der Waals surface area contributed by atoms with Crippen molar-refractivity contribution in [1.29, 1.82) is 0 Å². The first-order valence-corrected chi connectivity index (χ1v) is 7.52. The zero-order chi connectivity index (χ0) is 13.4. The van der Waals surface area contributed by atoms with Crippen LogP contribution in [0.3, 0.4) is 0 Å². The lowest BCUT2D eigenvalue weighted by Crippen LogP contribution is -2.34. The van der Waals surface area contributed by atoms with E-state index in [1.807, 2.05) is 0 Å². The molecule has 1 unspecified atom stereocenters. The third-order valence-electron chi connectivity index (χ3n) is 3.40. The third-order valence-corrected chi connectivity index (χ3v) is 5.28. The predicted octanol–water partition coefficient (Wildman–Crippen LogP) is 1.27. The van der Waals surface area contributed by atoms with Gasteiger partial charge in [0.05, 0.1) is 11.5 Å². The van der Waals surface area contributed by atoms with Gasteiger partial charge in [0.1, 0.15) is 11.6 Å². The van der Waals surface area contributed by atoms with Gasteiger partial charge < -0.3 is 5.73 Å². The summed E-state index contributed by atoms with van der Waals surface area (Å²) in [6.45, 7) is 0.199. The van der Waals surface area contributed by atoms with Crippen LogP contribution >= 0.6 is 0 Å². The first-order chi connectivity index (χ1) is 8.34. The Kier molecular flexibility index (Phi) is 3.42. The van der Waals surface area contributed by atoms with E-state index in [2.05, 4.69) is 0 Å². The number of benzene rings is 1. The topological polar surface area (TPSA) is 60.2 Å². The molecule has 18 heavy (non-hydrogen) atoms. The van der Waals surface area contributed by atoms with Crippen molar-refractivity contribution >= 4 is 9.84 Å². The van der Waals surface area contributed by atoms with Crippen LogP contribution in [0, 0.1) is 17.0 Å². The first kappa shape index (κ1) is 13.4. The minimum Gasteiger partial charge on any atom is -0.330 e. The summed E-state index contributed by atoms with van der Waals surface area (Å²) in [6, 6.07) is 3.25. The highest BCUT2D eigenvalue weighted by atomic mass is 32.2. The van der Waals surface area contributed by atoms with E-state index in [0.29, 0.717) is 12.0 Å². The molecule has 1 saturated heterocycles. The lowest BCUT2D eigenvalue weighted by Gasteiger charge is -2.25. The van der Waals surface area contributed by atoms with Gasteiger partial charge in [0.25, 0.3) is 0 Å². The SMILES string of the molecule is NCC1(Cc2cc(F)cc(F)c2)CCS(=O)(=O)C1. The van der Waals surface area contributed by atoms with Gasteiger partial charge in [-0.3, -0.25) is 0 Å². The molecule has 1 aliphatic rings. The number of nitrogens with two attached hydrogens (primary N) is 1. The summed E-state index contributed by atoms with van der Waals surface area (Å²) in [4.78, 5) is 0. The van der Waals surface area contributed by atoms with E-state index in [9.17, 15) is 17.2 Å². The molecule has 0 aromatic heterocycles. The fourth-order valence-corrected chi connectivity index (χ4v) is 4.69. The van der Waals surface area contributed by atoms with Gasteiger partial charge in [-0.1, -0.05) is 0 Å². The van der Waals surface area contributed by atoms with E-state index >= 15 is 0 Å². The zero-order valence-electron chi connectivity index (χ0n) is 9.83. The minimum atomic E-state index is -3.07. The van der Waals surface area contributed by atoms with E-state index in [-0.39, 0.29) is 24.5 Å². The highest BCUT2D eigenvalue weighted by molar-refractivity contribution is 7.91. The van der Waals surface area contributed by atoms with Gasteiger partial charge in [0, 0.05) is 11.5 Å². The van der Waals surface area contributed by atoms with Gasteiger partial charge in [0.15, 0.2) is 9.84 Å². The Bertz CT molecular complexity index is 539. The molecule has 0 aliphatic carbocycles. The second-order valence-corrected chi connectivity index (χ2v) is 7.18. The summed E-state index contributed by atoms with van der Waals surface area (Å²) < 4.78 is 49.2. The molecule has 0 amide bonds. The van der Waals surface area contributed by atoms with Crippen LogP contribution < -0.4 is 5.73 Å². The lowest BCUT2D eigenvalue weighted by atomic mass is 9.81. The molecular weight excluding hydrogens is 260 g/mol. The molecular formula is C12H15F2NO2S. The molecule has 3 nitrogen and oxygen atoms in total. The smallest absolute Gasteiger partial charge is 0.150 e. The molecule has 0 bridgehead atoms. The van der Waals surface area contributed by atoms with Crippen molar-refractivity contribution in [3.05, 3.63) is 35.4 Å². The zero-order valence-corrected chi connectivity index (χ0v) is 10.6. The molecule has 1 fully saturated rings. The van der Waals surface area contributed by atoms with Gasteiger partial charge >= 0.3 is 0 Å². The fraction of sp³-hybridized carbons (Fsp3) is 0.500. The Labute approximate surface area is 105 Å². The third kappa shape index (κ3) is 2.87. The summed E-state index contributed by atoms with van der Waals surface area (Å²) in [5.74, 6) is -1.22. The van der Waals surface area contributed by atoms with Crippen molar-refractivity contribution in [2.45, 2.75) is 12.8 Å². The molecule has 0 saturated carbocycles. The van der Waals surface area contributed by atoms with Crippen molar-refractivity contribution in [2.75, 3.05) is 18.1 Å². The van der Waals surface area contributed by atoms with Gasteiger partial charge in [-0.15, -0.1) is 0 Å². The highest BCUT2D eigenvalue weighted by Gasteiger charge is 2.41. The second-order valence-electron chi connectivity index (χ2n) is 5.00. The molecule has 2 rings (SSSR count). The lowest BCUT2D eigenvalue weighted by molar-refractivity contribution is 0.343. The quantitative estimate of drug-likeness (QED) is 0.903.